The molecule has 5 nitrogen and oxygen atoms in total. The Labute approximate surface area is 136 Å². The number of likely N-dealkylation sites (N-methyl/N-ethyl adjacent to an activating group) is 1. The Kier molecular flexibility index (Phi) is 5.57. The monoisotopic (exact) mass is 320 g/mol. The molecular weight excluding hydrogens is 300 g/mol. The lowest BCUT2D eigenvalue weighted by Crippen LogP contribution is -2.46. The Balaban J connectivity index is 0.00000176. The molecule has 2 heterocycles. The van der Waals surface area contributed by atoms with Gasteiger partial charge in [0.15, 0.2) is 0 Å². The summed E-state index contributed by atoms with van der Waals surface area (Å²) >= 11 is 0. The molecular formula is C16H21ClN4O. The Morgan fingerprint density at radius 2 is 2.09 bits per heavy atom. The summed E-state index contributed by atoms with van der Waals surface area (Å²) in [6, 6.07) is 10.2. The van der Waals surface area contributed by atoms with E-state index in [1.807, 2.05) is 42.3 Å². The highest BCUT2D eigenvalue weighted by molar-refractivity contribution is 5.93. The topological polar surface area (TPSA) is 50.2 Å². The fourth-order valence-corrected chi connectivity index (χ4v) is 2.73. The van der Waals surface area contributed by atoms with E-state index in [2.05, 4.69) is 10.4 Å². The van der Waals surface area contributed by atoms with Gasteiger partial charge >= 0.3 is 0 Å². The maximum Gasteiger partial charge on any atom is 0.257 e. The molecule has 0 spiro atoms. The highest BCUT2D eigenvalue weighted by Gasteiger charge is 2.24. The number of likely N-dealkylation sites (tertiary alicyclic amines) is 1. The van der Waals surface area contributed by atoms with Crippen LogP contribution in [0.1, 0.15) is 23.2 Å². The van der Waals surface area contributed by atoms with Crippen LogP contribution in [0.3, 0.4) is 0 Å². The van der Waals surface area contributed by atoms with Crippen LogP contribution in [-0.2, 0) is 0 Å². The summed E-state index contributed by atoms with van der Waals surface area (Å²) in [6.45, 7) is 1.60. The van der Waals surface area contributed by atoms with Gasteiger partial charge in [-0.15, -0.1) is 12.4 Å². The van der Waals surface area contributed by atoms with E-state index in [1.165, 1.54) is 0 Å². The minimum absolute atomic E-state index is 0. The summed E-state index contributed by atoms with van der Waals surface area (Å²) in [4.78, 5) is 14.5. The standard InChI is InChI=1S/C16H20N4O.ClH/c1-17-14-6-5-9-19(12-14)16(21)13-10-18-20(11-13)15-7-3-2-4-8-15;/h2-4,7-8,10-11,14,17H,5-6,9,12H2,1H3;1H. The fourth-order valence-electron chi connectivity index (χ4n) is 2.73. The van der Waals surface area contributed by atoms with E-state index in [0.717, 1.165) is 31.6 Å². The van der Waals surface area contributed by atoms with Crippen molar-refractivity contribution in [1.82, 2.24) is 20.0 Å². The van der Waals surface area contributed by atoms with Crippen LogP contribution in [0.4, 0.5) is 0 Å². The van der Waals surface area contributed by atoms with Gasteiger partial charge in [-0.2, -0.15) is 5.10 Å². The van der Waals surface area contributed by atoms with Gasteiger partial charge in [0.05, 0.1) is 17.4 Å². The summed E-state index contributed by atoms with van der Waals surface area (Å²) in [5.41, 5.74) is 1.61. The van der Waals surface area contributed by atoms with E-state index in [1.54, 1.807) is 17.1 Å². The highest BCUT2D eigenvalue weighted by atomic mass is 35.5. The molecule has 118 valence electrons. The summed E-state index contributed by atoms with van der Waals surface area (Å²) in [5.74, 6) is 0.0668. The van der Waals surface area contributed by atoms with Crippen molar-refractivity contribution in [3.05, 3.63) is 48.3 Å². The second-order valence-corrected chi connectivity index (χ2v) is 5.39. The third-order valence-corrected chi connectivity index (χ3v) is 3.97. The quantitative estimate of drug-likeness (QED) is 0.942. The lowest BCUT2D eigenvalue weighted by atomic mass is 10.1. The van der Waals surface area contributed by atoms with Crippen LogP contribution < -0.4 is 5.32 Å². The molecule has 1 saturated heterocycles. The largest absolute Gasteiger partial charge is 0.337 e. The maximum atomic E-state index is 12.6. The van der Waals surface area contributed by atoms with E-state index in [4.69, 9.17) is 0 Å². The molecule has 2 aromatic rings. The molecule has 0 aliphatic carbocycles. The van der Waals surface area contributed by atoms with Crippen molar-refractivity contribution in [2.45, 2.75) is 18.9 Å². The first kappa shape index (κ1) is 16.5. The average molecular weight is 321 g/mol. The maximum absolute atomic E-state index is 12.6. The van der Waals surface area contributed by atoms with Crippen molar-refractivity contribution in [2.24, 2.45) is 0 Å². The molecule has 0 radical (unpaired) electrons. The number of nitrogens with zero attached hydrogens (tertiary/aromatic N) is 3. The Hall–Kier alpha value is -1.85. The van der Waals surface area contributed by atoms with E-state index in [9.17, 15) is 4.79 Å². The van der Waals surface area contributed by atoms with E-state index in [-0.39, 0.29) is 18.3 Å². The summed E-state index contributed by atoms with van der Waals surface area (Å²) in [6.07, 6.45) is 5.63. The van der Waals surface area contributed by atoms with Crippen LogP contribution in [0.2, 0.25) is 0 Å². The highest BCUT2D eigenvalue weighted by Crippen LogP contribution is 2.14. The molecule has 6 heteroatoms. The van der Waals surface area contributed by atoms with E-state index < -0.39 is 0 Å². The van der Waals surface area contributed by atoms with Gasteiger partial charge in [0.2, 0.25) is 0 Å². The normalized spacial score (nSPS) is 17.9. The van der Waals surface area contributed by atoms with Gasteiger partial charge in [-0.1, -0.05) is 18.2 Å². The number of rotatable bonds is 3. The number of nitrogens with one attached hydrogen (secondary N) is 1. The zero-order chi connectivity index (χ0) is 14.7. The molecule has 1 amide bonds. The Bertz CT molecular complexity index is 614. The molecule has 0 bridgehead atoms. The van der Waals surface area contributed by atoms with Crippen LogP contribution >= 0.6 is 12.4 Å². The molecule has 3 rings (SSSR count). The van der Waals surface area contributed by atoms with Gasteiger partial charge in [-0.3, -0.25) is 4.79 Å². The SMILES string of the molecule is CNC1CCCN(C(=O)c2cnn(-c3ccccc3)c2)C1.Cl. The smallest absolute Gasteiger partial charge is 0.257 e. The van der Waals surface area contributed by atoms with Gasteiger partial charge < -0.3 is 10.2 Å². The van der Waals surface area contributed by atoms with Gasteiger partial charge in [0.25, 0.3) is 5.91 Å². The van der Waals surface area contributed by atoms with Crippen molar-refractivity contribution >= 4 is 18.3 Å². The van der Waals surface area contributed by atoms with Crippen LogP contribution in [0.5, 0.6) is 0 Å². The van der Waals surface area contributed by atoms with Gasteiger partial charge in [-0.25, -0.2) is 4.68 Å². The van der Waals surface area contributed by atoms with Gasteiger partial charge in [0.1, 0.15) is 0 Å². The van der Waals surface area contributed by atoms with Crippen molar-refractivity contribution in [2.75, 3.05) is 20.1 Å². The van der Waals surface area contributed by atoms with Crippen LogP contribution in [-0.4, -0.2) is 46.8 Å². The first-order chi connectivity index (χ1) is 10.3. The predicted octanol–water partition coefficient (Wildman–Crippen LogP) is 2.12. The fraction of sp³-hybridized carbons (Fsp3) is 0.375. The van der Waals surface area contributed by atoms with Crippen LogP contribution in [0.25, 0.3) is 5.69 Å². The van der Waals surface area contributed by atoms with Crippen LogP contribution in [0.15, 0.2) is 42.7 Å². The number of carbonyl (C=O) groups is 1. The Morgan fingerprint density at radius 3 is 2.82 bits per heavy atom. The predicted molar refractivity (Wildman–Crippen MR) is 88.8 cm³/mol. The zero-order valence-corrected chi connectivity index (χ0v) is 13.4. The van der Waals surface area contributed by atoms with Gasteiger partial charge in [-0.05, 0) is 32.0 Å². The summed E-state index contributed by atoms with van der Waals surface area (Å²) in [7, 11) is 1.95. The second kappa shape index (κ2) is 7.42. The minimum atomic E-state index is 0. The minimum Gasteiger partial charge on any atom is -0.337 e. The number of halogens is 1. The van der Waals surface area contributed by atoms with Crippen LogP contribution in [0, 0.1) is 0 Å². The number of benzene rings is 1. The zero-order valence-electron chi connectivity index (χ0n) is 12.6. The van der Waals surface area contributed by atoms with E-state index in [0.29, 0.717) is 11.6 Å². The van der Waals surface area contributed by atoms with Crippen molar-refractivity contribution in [1.29, 1.82) is 0 Å². The van der Waals surface area contributed by atoms with Gasteiger partial charge in [0, 0.05) is 25.3 Å². The molecule has 0 saturated carbocycles. The number of hydrogen-bond acceptors (Lipinski definition) is 3. The van der Waals surface area contributed by atoms with Crippen molar-refractivity contribution in [3.63, 3.8) is 0 Å². The summed E-state index contributed by atoms with van der Waals surface area (Å²) < 4.78 is 1.74. The van der Waals surface area contributed by atoms with E-state index >= 15 is 0 Å². The molecule has 1 N–H and O–H groups in total. The Morgan fingerprint density at radius 1 is 1.32 bits per heavy atom. The van der Waals surface area contributed by atoms with Crippen molar-refractivity contribution in [3.8, 4) is 5.69 Å². The third kappa shape index (κ3) is 3.48. The lowest BCUT2D eigenvalue weighted by Gasteiger charge is -2.32. The second-order valence-electron chi connectivity index (χ2n) is 5.39. The third-order valence-electron chi connectivity index (χ3n) is 3.97. The first-order valence-corrected chi connectivity index (χ1v) is 7.34. The molecule has 1 fully saturated rings. The molecule has 1 atom stereocenters. The first-order valence-electron chi connectivity index (χ1n) is 7.34. The number of piperidine rings is 1. The number of hydrogen-bond donors (Lipinski definition) is 1. The van der Waals surface area contributed by atoms with Crippen molar-refractivity contribution < 1.29 is 4.79 Å². The molecule has 1 aromatic heterocycles. The number of carbonyl (C=O) groups excluding carboxylic acids is 1. The lowest BCUT2D eigenvalue weighted by molar-refractivity contribution is 0.0698. The number of aromatic nitrogens is 2. The number of para-hydroxylation sites is 1. The molecule has 1 aromatic carbocycles. The summed E-state index contributed by atoms with van der Waals surface area (Å²) in [5, 5.41) is 7.55. The molecule has 1 aliphatic rings. The molecule has 1 unspecified atom stereocenters. The molecule has 1 aliphatic heterocycles. The number of amides is 1. The average Bonchev–Trinajstić information content (AvgIpc) is 3.05. The molecule has 22 heavy (non-hydrogen) atoms.